The van der Waals surface area contributed by atoms with Gasteiger partial charge in [0.2, 0.25) is 0 Å². The Morgan fingerprint density at radius 3 is 2.60 bits per heavy atom. The van der Waals surface area contributed by atoms with Crippen LogP contribution in [-0.2, 0) is 4.79 Å². The maximum atomic E-state index is 11.6. The number of pyridine rings is 1. The van der Waals surface area contributed by atoms with E-state index in [1.807, 2.05) is 24.3 Å². The average molecular weight is 380 g/mol. The van der Waals surface area contributed by atoms with Crippen molar-refractivity contribution in [3.63, 3.8) is 0 Å². The van der Waals surface area contributed by atoms with Gasteiger partial charge in [-0.1, -0.05) is 0 Å². The summed E-state index contributed by atoms with van der Waals surface area (Å²) in [6.45, 7) is 0.175. The van der Waals surface area contributed by atoms with Gasteiger partial charge in [0.1, 0.15) is 0 Å². The van der Waals surface area contributed by atoms with Crippen LogP contribution < -0.4 is 10.7 Å². The monoisotopic (exact) mass is 380 g/mol. The molecule has 1 aromatic heterocycles. The van der Waals surface area contributed by atoms with Crippen molar-refractivity contribution < 1.29 is 4.79 Å². The van der Waals surface area contributed by atoms with Gasteiger partial charge in [0.25, 0.3) is 5.91 Å². The van der Waals surface area contributed by atoms with Gasteiger partial charge < -0.3 is 5.32 Å². The number of carbonyl (C=O) groups is 1. The first-order chi connectivity index (χ1) is 9.74. The second-order valence-electron chi connectivity index (χ2n) is 3.93. The van der Waals surface area contributed by atoms with E-state index in [9.17, 15) is 4.79 Å². The first-order valence-corrected chi connectivity index (χ1v) is 7.03. The van der Waals surface area contributed by atoms with E-state index in [1.54, 1.807) is 30.7 Å². The number of anilines is 1. The molecule has 5 nitrogen and oxygen atoms in total. The van der Waals surface area contributed by atoms with Crippen molar-refractivity contribution in [1.29, 1.82) is 0 Å². The van der Waals surface area contributed by atoms with Crippen LogP contribution in [0.4, 0.5) is 5.69 Å². The number of hydrazone groups is 1. The van der Waals surface area contributed by atoms with Gasteiger partial charge in [-0.15, -0.1) is 0 Å². The van der Waals surface area contributed by atoms with Gasteiger partial charge in [-0.05, 0) is 64.6 Å². The van der Waals surface area contributed by atoms with E-state index in [2.05, 4.69) is 43.4 Å². The predicted molar refractivity (Wildman–Crippen MR) is 87.6 cm³/mol. The molecule has 0 aliphatic heterocycles. The highest BCUT2D eigenvalue weighted by Gasteiger charge is 1.99. The highest BCUT2D eigenvalue weighted by molar-refractivity contribution is 14.1. The fourth-order valence-electron chi connectivity index (χ4n) is 1.42. The molecule has 0 saturated carbocycles. The van der Waals surface area contributed by atoms with Gasteiger partial charge in [-0.2, -0.15) is 5.10 Å². The lowest BCUT2D eigenvalue weighted by Gasteiger charge is -2.04. The van der Waals surface area contributed by atoms with E-state index < -0.39 is 0 Å². The quantitative estimate of drug-likeness (QED) is 0.475. The minimum Gasteiger partial charge on any atom is -0.376 e. The maximum absolute atomic E-state index is 11.6. The number of benzene rings is 1. The number of nitrogens with one attached hydrogen (secondary N) is 2. The molecular weight excluding hydrogens is 367 g/mol. The fourth-order valence-corrected chi connectivity index (χ4v) is 1.78. The van der Waals surface area contributed by atoms with E-state index in [0.29, 0.717) is 0 Å². The number of halogens is 1. The zero-order valence-electron chi connectivity index (χ0n) is 10.6. The molecule has 2 aromatic rings. The molecule has 102 valence electrons. The summed E-state index contributed by atoms with van der Waals surface area (Å²) >= 11 is 2.23. The van der Waals surface area contributed by atoms with Gasteiger partial charge >= 0.3 is 0 Å². The molecule has 0 fully saturated rings. The molecule has 2 N–H and O–H groups in total. The molecule has 0 spiro atoms. The second kappa shape index (κ2) is 7.59. The summed E-state index contributed by atoms with van der Waals surface area (Å²) in [5, 5.41) is 6.90. The molecule has 2 rings (SSSR count). The minimum atomic E-state index is -0.200. The molecule has 0 aliphatic rings. The highest BCUT2D eigenvalue weighted by atomic mass is 127. The first-order valence-electron chi connectivity index (χ1n) is 5.95. The summed E-state index contributed by atoms with van der Waals surface area (Å²) in [6, 6.07) is 11.4. The highest BCUT2D eigenvalue weighted by Crippen LogP contribution is 2.10. The first kappa shape index (κ1) is 14.4. The van der Waals surface area contributed by atoms with Gasteiger partial charge in [0.05, 0.1) is 12.8 Å². The van der Waals surface area contributed by atoms with Crippen LogP contribution in [0.25, 0.3) is 0 Å². The van der Waals surface area contributed by atoms with Crippen LogP contribution >= 0.6 is 22.6 Å². The van der Waals surface area contributed by atoms with Crippen LogP contribution in [0.5, 0.6) is 0 Å². The smallest absolute Gasteiger partial charge is 0.259 e. The van der Waals surface area contributed by atoms with E-state index in [0.717, 1.165) is 14.8 Å². The molecule has 0 unspecified atom stereocenters. The molecule has 6 heteroatoms. The summed E-state index contributed by atoms with van der Waals surface area (Å²) in [5.41, 5.74) is 4.24. The van der Waals surface area contributed by atoms with Crippen LogP contribution in [0.2, 0.25) is 0 Å². The van der Waals surface area contributed by atoms with Crippen molar-refractivity contribution in [2.24, 2.45) is 5.10 Å². The number of carbonyl (C=O) groups excluding carboxylic acids is 1. The molecule has 0 atom stereocenters. The van der Waals surface area contributed by atoms with E-state index in [1.165, 1.54) is 0 Å². The molecule has 1 amide bonds. The zero-order chi connectivity index (χ0) is 14.2. The molecule has 20 heavy (non-hydrogen) atoms. The largest absolute Gasteiger partial charge is 0.376 e. The Labute approximate surface area is 130 Å². The van der Waals surface area contributed by atoms with Crippen molar-refractivity contribution in [1.82, 2.24) is 10.4 Å². The Bertz CT molecular complexity index is 584. The standard InChI is InChI=1S/C14H13IN4O/c15-12-1-3-13(4-2-12)17-10-14(20)19-18-9-11-5-7-16-8-6-11/h1-9,17H,10H2,(H,19,20)/b18-9+. The van der Waals surface area contributed by atoms with Crippen molar-refractivity contribution in [3.05, 3.63) is 57.9 Å². The Morgan fingerprint density at radius 1 is 1.20 bits per heavy atom. The molecule has 0 bridgehead atoms. The number of amides is 1. The van der Waals surface area contributed by atoms with Gasteiger partial charge in [0.15, 0.2) is 0 Å². The number of rotatable bonds is 5. The summed E-state index contributed by atoms with van der Waals surface area (Å²) < 4.78 is 1.15. The van der Waals surface area contributed by atoms with Crippen molar-refractivity contribution in [2.75, 3.05) is 11.9 Å². The van der Waals surface area contributed by atoms with Crippen molar-refractivity contribution in [3.8, 4) is 0 Å². The molecule has 0 aliphatic carbocycles. The zero-order valence-corrected chi connectivity index (χ0v) is 12.7. The summed E-state index contributed by atoms with van der Waals surface area (Å²) in [5.74, 6) is -0.200. The van der Waals surface area contributed by atoms with Crippen LogP contribution in [0.1, 0.15) is 5.56 Å². The Hall–Kier alpha value is -1.96. The Balaban J connectivity index is 1.76. The molecule has 1 aromatic carbocycles. The SMILES string of the molecule is O=C(CNc1ccc(I)cc1)N/N=C/c1ccncc1. The Kier molecular flexibility index (Phi) is 5.48. The summed E-state index contributed by atoms with van der Waals surface area (Å²) in [6.07, 6.45) is 4.91. The van der Waals surface area contributed by atoms with Crippen LogP contribution in [0, 0.1) is 3.57 Å². The van der Waals surface area contributed by atoms with Crippen LogP contribution in [0.15, 0.2) is 53.9 Å². The fraction of sp³-hybridized carbons (Fsp3) is 0.0714. The van der Waals surface area contributed by atoms with Gasteiger partial charge in [0, 0.05) is 21.7 Å². The topological polar surface area (TPSA) is 66.4 Å². The lowest BCUT2D eigenvalue weighted by Crippen LogP contribution is -2.25. The van der Waals surface area contributed by atoms with Gasteiger partial charge in [-0.3, -0.25) is 9.78 Å². The minimum absolute atomic E-state index is 0.175. The Morgan fingerprint density at radius 2 is 1.90 bits per heavy atom. The maximum Gasteiger partial charge on any atom is 0.259 e. The molecule has 0 saturated heterocycles. The number of aromatic nitrogens is 1. The number of hydrogen-bond donors (Lipinski definition) is 2. The van der Waals surface area contributed by atoms with E-state index >= 15 is 0 Å². The van der Waals surface area contributed by atoms with Crippen molar-refractivity contribution in [2.45, 2.75) is 0 Å². The third kappa shape index (κ3) is 4.96. The van der Waals surface area contributed by atoms with E-state index in [-0.39, 0.29) is 12.5 Å². The predicted octanol–water partition coefficient (Wildman–Crippen LogP) is 2.25. The third-order valence-corrected chi connectivity index (χ3v) is 3.13. The number of hydrogen-bond acceptors (Lipinski definition) is 4. The van der Waals surface area contributed by atoms with E-state index in [4.69, 9.17) is 0 Å². The lowest BCUT2D eigenvalue weighted by molar-refractivity contribution is -0.119. The normalized spacial score (nSPS) is 10.4. The van der Waals surface area contributed by atoms with Gasteiger partial charge in [-0.25, -0.2) is 5.43 Å². The third-order valence-electron chi connectivity index (χ3n) is 2.41. The second-order valence-corrected chi connectivity index (χ2v) is 5.18. The number of nitrogens with zero attached hydrogens (tertiary/aromatic N) is 2. The van der Waals surface area contributed by atoms with Crippen molar-refractivity contribution >= 4 is 40.4 Å². The van der Waals surface area contributed by atoms with Crippen LogP contribution in [0.3, 0.4) is 0 Å². The van der Waals surface area contributed by atoms with Crippen LogP contribution in [-0.4, -0.2) is 23.7 Å². The summed E-state index contributed by atoms with van der Waals surface area (Å²) in [7, 11) is 0. The molecular formula is C14H13IN4O. The molecule has 0 radical (unpaired) electrons. The summed E-state index contributed by atoms with van der Waals surface area (Å²) in [4.78, 5) is 15.5. The molecule has 1 heterocycles. The average Bonchev–Trinajstić information content (AvgIpc) is 2.48. The lowest BCUT2D eigenvalue weighted by atomic mass is 10.3.